The van der Waals surface area contributed by atoms with Crippen molar-refractivity contribution in [2.75, 3.05) is 5.32 Å². The van der Waals surface area contributed by atoms with E-state index in [4.69, 9.17) is 5.26 Å². The highest BCUT2D eigenvalue weighted by molar-refractivity contribution is 5.74. The Morgan fingerprint density at radius 3 is 2.75 bits per heavy atom. The first kappa shape index (κ1) is 17.3. The normalized spacial score (nSPS) is 10.8. The van der Waals surface area contributed by atoms with Crippen LogP contribution in [-0.4, -0.2) is 31.2 Å². The van der Waals surface area contributed by atoms with E-state index in [9.17, 15) is 8.78 Å². The molecular formula is C18H11F2N7O. The van der Waals surface area contributed by atoms with Crippen LogP contribution in [0, 0.1) is 11.3 Å². The molecule has 138 valence electrons. The van der Waals surface area contributed by atoms with Gasteiger partial charge in [-0.15, -0.1) is 5.10 Å². The third-order valence-corrected chi connectivity index (χ3v) is 3.73. The predicted molar refractivity (Wildman–Crippen MR) is 95.1 cm³/mol. The van der Waals surface area contributed by atoms with E-state index < -0.39 is 6.61 Å². The van der Waals surface area contributed by atoms with Gasteiger partial charge in [-0.3, -0.25) is 9.97 Å². The van der Waals surface area contributed by atoms with Gasteiger partial charge in [0.15, 0.2) is 5.65 Å². The van der Waals surface area contributed by atoms with Gasteiger partial charge in [-0.05, 0) is 30.3 Å². The average molecular weight is 379 g/mol. The van der Waals surface area contributed by atoms with Crippen LogP contribution in [0.3, 0.4) is 0 Å². The van der Waals surface area contributed by atoms with Gasteiger partial charge in [-0.1, -0.05) is 0 Å². The van der Waals surface area contributed by atoms with Crippen LogP contribution in [0.5, 0.6) is 5.75 Å². The summed E-state index contributed by atoms with van der Waals surface area (Å²) in [5.41, 5.74) is 2.63. The van der Waals surface area contributed by atoms with Crippen LogP contribution < -0.4 is 10.1 Å². The van der Waals surface area contributed by atoms with Crippen molar-refractivity contribution < 1.29 is 13.5 Å². The van der Waals surface area contributed by atoms with Crippen molar-refractivity contribution in [2.24, 2.45) is 0 Å². The van der Waals surface area contributed by atoms with Gasteiger partial charge in [0.25, 0.3) is 0 Å². The van der Waals surface area contributed by atoms with Gasteiger partial charge < -0.3 is 10.1 Å². The number of ether oxygens (including phenoxy) is 1. The third-order valence-electron chi connectivity index (χ3n) is 3.73. The highest BCUT2D eigenvalue weighted by Gasteiger charge is 2.12. The van der Waals surface area contributed by atoms with Crippen LogP contribution in [-0.2, 0) is 0 Å². The fourth-order valence-electron chi connectivity index (χ4n) is 2.55. The van der Waals surface area contributed by atoms with Gasteiger partial charge in [-0.2, -0.15) is 19.0 Å². The molecule has 0 aliphatic carbocycles. The minimum Gasteiger partial charge on any atom is -0.435 e. The molecule has 4 aromatic rings. The molecule has 8 nitrogen and oxygen atoms in total. The van der Waals surface area contributed by atoms with Crippen molar-refractivity contribution in [1.82, 2.24) is 24.6 Å². The van der Waals surface area contributed by atoms with Gasteiger partial charge in [-0.25, -0.2) is 4.52 Å². The van der Waals surface area contributed by atoms with Gasteiger partial charge in [0.1, 0.15) is 17.5 Å². The van der Waals surface area contributed by atoms with Crippen molar-refractivity contribution >= 4 is 17.3 Å². The van der Waals surface area contributed by atoms with Crippen LogP contribution in [0.25, 0.3) is 16.9 Å². The Morgan fingerprint density at radius 1 is 1.18 bits per heavy atom. The van der Waals surface area contributed by atoms with Crippen molar-refractivity contribution in [1.29, 1.82) is 5.26 Å². The van der Waals surface area contributed by atoms with Gasteiger partial charge in [0.2, 0.25) is 5.95 Å². The molecule has 0 spiro atoms. The number of halogens is 2. The molecule has 3 heterocycles. The van der Waals surface area contributed by atoms with Crippen molar-refractivity contribution in [3.05, 3.63) is 60.7 Å². The second-order valence-corrected chi connectivity index (χ2v) is 5.58. The Hall–Kier alpha value is -4.13. The monoisotopic (exact) mass is 379 g/mol. The van der Waals surface area contributed by atoms with Crippen LogP contribution >= 0.6 is 0 Å². The molecule has 0 atom stereocenters. The number of alkyl halides is 2. The lowest BCUT2D eigenvalue weighted by atomic mass is 10.1. The van der Waals surface area contributed by atoms with E-state index in [-0.39, 0.29) is 5.75 Å². The summed E-state index contributed by atoms with van der Waals surface area (Å²) in [6, 6.07) is 9.67. The smallest absolute Gasteiger partial charge is 0.387 e. The summed E-state index contributed by atoms with van der Waals surface area (Å²) >= 11 is 0. The lowest BCUT2D eigenvalue weighted by Crippen LogP contribution is -2.01. The second-order valence-electron chi connectivity index (χ2n) is 5.58. The summed E-state index contributed by atoms with van der Waals surface area (Å²) in [5, 5.41) is 16.4. The van der Waals surface area contributed by atoms with E-state index in [0.717, 1.165) is 0 Å². The Morgan fingerprint density at radius 2 is 2.00 bits per heavy atom. The van der Waals surface area contributed by atoms with Gasteiger partial charge >= 0.3 is 6.61 Å². The van der Waals surface area contributed by atoms with Crippen LogP contribution in [0.1, 0.15) is 5.56 Å². The maximum Gasteiger partial charge on any atom is 0.387 e. The molecule has 0 unspecified atom stereocenters. The maximum atomic E-state index is 12.2. The summed E-state index contributed by atoms with van der Waals surface area (Å²) in [5.74, 6) is 0.348. The minimum absolute atomic E-state index is 0.0554. The highest BCUT2D eigenvalue weighted by atomic mass is 19.3. The van der Waals surface area contributed by atoms with E-state index in [1.807, 2.05) is 6.07 Å². The van der Waals surface area contributed by atoms with Crippen molar-refractivity contribution in [3.8, 4) is 23.1 Å². The molecule has 0 aliphatic rings. The predicted octanol–water partition coefficient (Wildman–Crippen LogP) is 3.40. The number of benzene rings is 1. The van der Waals surface area contributed by atoms with E-state index in [0.29, 0.717) is 34.1 Å². The Labute approximate surface area is 157 Å². The molecule has 0 radical (unpaired) electrons. The van der Waals surface area contributed by atoms with Gasteiger partial charge in [0.05, 0.1) is 5.56 Å². The highest BCUT2D eigenvalue weighted by Crippen LogP contribution is 2.24. The Bertz CT molecular complexity index is 1170. The summed E-state index contributed by atoms with van der Waals surface area (Å²) in [6.45, 7) is -2.88. The second kappa shape index (κ2) is 7.24. The number of nitrogens with zero attached hydrogens (tertiary/aromatic N) is 6. The zero-order valence-corrected chi connectivity index (χ0v) is 14.1. The standard InChI is InChI=1S/C18H11F2N7O/c19-17(20)28-14-3-1-13(2-4-14)24-18-25-16-15(23-5-6-27(16)26-18)12-7-11(8-21)9-22-10-12/h1-7,9-10,17H,(H,24,26). The first-order valence-corrected chi connectivity index (χ1v) is 8.01. The lowest BCUT2D eigenvalue weighted by molar-refractivity contribution is -0.0498. The van der Waals surface area contributed by atoms with Crippen molar-refractivity contribution in [3.63, 3.8) is 0 Å². The topological polar surface area (TPSA) is 101 Å². The third kappa shape index (κ3) is 3.54. The quantitative estimate of drug-likeness (QED) is 0.567. The molecule has 0 bridgehead atoms. The number of pyridine rings is 1. The summed E-state index contributed by atoms with van der Waals surface area (Å²) in [7, 11) is 0. The number of hydrogen-bond acceptors (Lipinski definition) is 7. The molecule has 0 fully saturated rings. The molecule has 0 saturated heterocycles. The van der Waals surface area contributed by atoms with Crippen LogP contribution in [0.15, 0.2) is 55.1 Å². The SMILES string of the molecule is N#Cc1cncc(-c2nccn3nc(Nc4ccc(OC(F)F)cc4)nc23)c1. The summed E-state index contributed by atoms with van der Waals surface area (Å²) in [4.78, 5) is 12.8. The van der Waals surface area contributed by atoms with E-state index in [1.54, 1.807) is 36.8 Å². The zero-order valence-electron chi connectivity index (χ0n) is 14.1. The lowest BCUT2D eigenvalue weighted by Gasteiger charge is -2.05. The molecule has 10 heteroatoms. The largest absolute Gasteiger partial charge is 0.435 e. The van der Waals surface area contributed by atoms with E-state index >= 15 is 0 Å². The Balaban J connectivity index is 1.64. The number of nitrogens with one attached hydrogen (secondary N) is 1. The number of nitriles is 1. The number of fused-ring (bicyclic) bond motifs is 1. The van der Waals surface area contributed by atoms with E-state index in [2.05, 4.69) is 30.1 Å². The molecule has 1 aromatic carbocycles. The molecule has 4 rings (SSSR count). The average Bonchev–Trinajstić information content (AvgIpc) is 3.11. The minimum atomic E-state index is -2.88. The molecule has 1 N–H and O–H groups in total. The first-order chi connectivity index (χ1) is 13.6. The first-order valence-electron chi connectivity index (χ1n) is 8.01. The number of anilines is 2. The molecular weight excluding hydrogens is 368 g/mol. The van der Waals surface area contributed by atoms with E-state index in [1.165, 1.54) is 22.8 Å². The zero-order chi connectivity index (χ0) is 19.5. The molecule has 0 aliphatic heterocycles. The van der Waals surface area contributed by atoms with Crippen LogP contribution in [0.2, 0.25) is 0 Å². The maximum absolute atomic E-state index is 12.2. The van der Waals surface area contributed by atoms with Crippen molar-refractivity contribution in [2.45, 2.75) is 6.61 Å². The Kier molecular flexibility index (Phi) is 4.47. The fourth-order valence-corrected chi connectivity index (χ4v) is 2.55. The molecule has 0 amide bonds. The summed E-state index contributed by atoms with van der Waals surface area (Å²) < 4.78 is 30.3. The number of hydrogen-bond donors (Lipinski definition) is 1. The number of aromatic nitrogens is 5. The number of rotatable bonds is 5. The van der Waals surface area contributed by atoms with Gasteiger partial charge in [0, 0.05) is 36.0 Å². The molecule has 0 saturated carbocycles. The molecule has 28 heavy (non-hydrogen) atoms. The summed E-state index contributed by atoms with van der Waals surface area (Å²) in [6.07, 6.45) is 6.25. The molecule has 3 aromatic heterocycles. The van der Waals surface area contributed by atoms with Crippen LogP contribution in [0.4, 0.5) is 20.4 Å². The fraction of sp³-hybridized carbons (Fsp3) is 0.0556.